The van der Waals surface area contributed by atoms with Crippen LogP contribution in [0.4, 0.5) is 11.4 Å². The Hall–Kier alpha value is -5.12. The largest absolute Gasteiger partial charge is 0.493 e. The summed E-state index contributed by atoms with van der Waals surface area (Å²) in [6.45, 7) is 9.60. The number of benzene rings is 3. The van der Waals surface area contributed by atoms with Crippen LogP contribution < -0.4 is 30.3 Å². The number of carbonyl (C=O) groups is 3. The van der Waals surface area contributed by atoms with Crippen molar-refractivity contribution in [2.24, 2.45) is 5.10 Å². The Labute approximate surface area is 233 Å². The Morgan fingerprint density at radius 2 is 1.57 bits per heavy atom. The lowest BCUT2D eigenvalue weighted by Gasteiger charge is -2.14. The minimum absolute atomic E-state index is 0.216. The van der Waals surface area contributed by atoms with Gasteiger partial charge in [-0.15, -0.1) is 0 Å². The average Bonchev–Trinajstić information content (AvgIpc) is 2.93. The first-order valence-corrected chi connectivity index (χ1v) is 12.4. The highest BCUT2D eigenvalue weighted by Gasteiger charge is 2.14. The molecule has 0 bridgehead atoms. The van der Waals surface area contributed by atoms with Gasteiger partial charge in [0.25, 0.3) is 5.91 Å². The molecule has 3 N–H and O–H groups in total. The third-order valence-corrected chi connectivity index (χ3v) is 5.55. The molecule has 0 heterocycles. The average molecular weight is 545 g/mol. The smallest absolute Gasteiger partial charge is 0.329 e. The maximum absolute atomic E-state index is 12.5. The molecule has 0 saturated carbocycles. The summed E-state index contributed by atoms with van der Waals surface area (Å²) in [5.74, 6) is -0.802. The highest BCUT2D eigenvalue weighted by Crippen LogP contribution is 2.28. The van der Waals surface area contributed by atoms with Crippen LogP contribution >= 0.6 is 0 Å². The number of nitrogens with one attached hydrogen (secondary N) is 3. The minimum atomic E-state index is -0.944. The number of anilines is 2. The summed E-state index contributed by atoms with van der Waals surface area (Å²) >= 11 is 0. The van der Waals surface area contributed by atoms with Gasteiger partial charge in [0.05, 0.1) is 13.3 Å². The first kappa shape index (κ1) is 29.4. The molecule has 10 nitrogen and oxygen atoms in total. The summed E-state index contributed by atoms with van der Waals surface area (Å²) in [6, 6.07) is 15.4. The van der Waals surface area contributed by atoms with Crippen molar-refractivity contribution in [3.8, 4) is 17.2 Å². The van der Waals surface area contributed by atoms with Gasteiger partial charge in [-0.2, -0.15) is 5.10 Å². The molecule has 208 valence electrons. The highest BCUT2D eigenvalue weighted by molar-refractivity contribution is 6.39. The molecule has 40 heavy (non-hydrogen) atoms. The molecule has 0 aliphatic carbocycles. The third kappa shape index (κ3) is 8.45. The molecule has 3 aromatic rings. The van der Waals surface area contributed by atoms with E-state index in [4.69, 9.17) is 14.2 Å². The monoisotopic (exact) mass is 544 g/mol. The van der Waals surface area contributed by atoms with E-state index in [0.29, 0.717) is 35.1 Å². The molecular weight excluding hydrogens is 512 g/mol. The number of aryl methyl sites for hydroxylation is 3. The number of hydrogen-bond donors (Lipinski definition) is 3. The van der Waals surface area contributed by atoms with E-state index in [-0.39, 0.29) is 12.5 Å². The molecule has 3 aromatic carbocycles. The highest BCUT2D eigenvalue weighted by atomic mass is 16.5. The molecular formula is C30H32N4O6. The van der Waals surface area contributed by atoms with Crippen LogP contribution in [-0.2, 0) is 14.4 Å². The number of rotatable bonds is 11. The summed E-state index contributed by atoms with van der Waals surface area (Å²) in [7, 11) is 1.46. The van der Waals surface area contributed by atoms with E-state index in [9.17, 15) is 14.4 Å². The number of hydrogen-bond acceptors (Lipinski definition) is 7. The fourth-order valence-corrected chi connectivity index (χ4v) is 3.77. The van der Waals surface area contributed by atoms with Gasteiger partial charge < -0.3 is 24.8 Å². The predicted molar refractivity (Wildman–Crippen MR) is 154 cm³/mol. The van der Waals surface area contributed by atoms with Crippen LogP contribution in [0.3, 0.4) is 0 Å². The Balaban J connectivity index is 1.52. The standard InChI is InChI=1S/C30H32N4O6/c1-6-13-39-24-10-8-23(9-11-24)32-29(36)30(37)34-31-17-22-7-12-25(26(16-22)38-5)40-18-27(35)33-28-20(3)14-19(2)15-21(28)4/h6-12,14-17H,1,13,18H2,2-5H3,(H,32,36)(H,33,35)(H,34,37)/b31-17-. The molecule has 10 heteroatoms. The molecule has 3 rings (SSSR count). The van der Waals surface area contributed by atoms with Gasteiger partial charge in [0.1, 0.15) is 12.4 Å². The Morgan fingerprint density at radius 3 is 2.23 bits per heavy atom. The predicted octanol–water partition coefficient (Wildman–Crippen LogP) is 4.29. The molecule has 0 aliphatic rings. The van der Waals surface area contributed by atoms with Crippen LogP contribution in [0, 0.1) is 20.8 Å². The van der Waals surface area contributed by atoms with Crippen molar-refractivity contribution in [2.75, 3.05) is 31.0 Å². The molecule has 0 spiro atoms. The van der Waals surface area contributed by atoms with E-state index in [1.165, 1.54) is 13.3 Å². The lowest BCUT2D eigenvalue weighted by molar-refractivity contribution is -0.136. The van der Waals surface area contributed by atoms with Gasteiger partial charge in [-0.1, -0.05) is 30.4 Å². The molecule has 0 aliphatic heterocycles. The number of carbonyl (C=O) groups excluding carboxylic acids is 3. The number of nitrogens with zero attached hydrogens (tertiary/aromatic N) is 1. The molecule has 0 unspecified atom stereocenters. The zero-order chi connectivity index (χ0) is 29.1. The van der Waals surface area contributed by atoms with Crippen LogP contribution in [0.2, 0.25) is 0 Å². The van der Waals surface area contributed by atoms with Crippen molar-refractivity contribution >= 4 is 35.3 Å². The summed E-state index contributed by atoms with van der Waals surface area (Å²) in [5.41, 5.74) is 7.00. The SMILES string of the molecule is C=CCOc1ccc(NC(=O)C(=O)N/N=C\c2ccc(OCC(=O)Nc3c(C)cc(C)cc3C)c(OC)c2)cc1. The van der Waals surface area contributed by atoms with Crippen molar-refractivity contribution in [1.82, 2.24) is 5.43 Å². The number of ether oxygens (including phenoxy) is 3. The van der Waals surface area contributed by atoms with Crippen molar-refractivity contribution in [3.05, 3.63) is 89.5 Å². The van der Waals surface area contributed by atoms with E-state index < -0.39 is 11.8 Å². The molecule has 0 fully saturated rings. The number of hydrazone groups is 1. The zero-order valence-electron chi connectivity index (χ0n) is 22.9. The minimum Gasteiger partial charge on any atom is -0.493 e. The van der Waals surface area contributed by atoms with Crippen LogP contribution in [0.5, 0.6) is 17.2 Å². The molecule has 0 saturated heterocycles. The quantitative estimate of drug-likeness (QED) is 0.143. The fourth-order valence-electron chi connectivity index (χ4n) is 3.77. The van der Waals surface area contributed by atoms with Crippen molar-refractivity contribution < 1.29 is 28.6 Å². The van der Waals surface area contributed by atoms with Crippen molar-refractivity contribution in [2.45, 2.75) is 20.8 Å². The second-order valence-corrected chi connectivity index (χ2v) is 8.80. The first-order chi connectivity index (χ1) is 19.2. The Bertz CT molecular complexity index is 1390. The van der Waals surface area contributed by atoms with E-state index in [2.05, 4.69) is 27.7 Å². The molecule has 0 aromatic heterocycles. The van der Waals surface area contributed by atoms with Gasteiger partial charge in [-0.3, -0.25) is 14.4 Å². The van der Waals surface area contributed by atoms with E-state index in [1.54, 1.807) is 48.5 Å². The lowest BCUT2D eigenvalue weighted by atomic mass is 10.1. The van der Waals surface area contributed by atoms with Gasteiger partial charge >= 0.3 is 11.8 Å². The van der Waals surface area contributed by atoms with Gasteiger partial charge in [0.15, 0.2) is 18.1 Å². The van der Waals surface area contributed by atoms with E-state index in [1.807, 2.05) is 32.9 Å². The van der Waals surface area contributed by atoms with Crippen LogP contribution in [0.1, 0.15) is 22.3 Å². The molecule has 0 atom stereocenters. The second-order valence-electron chi connectivity index (χ2n) is 8.80. The van der Waals surface area contributed by atoms with Gasteiger partial charge in [0.2, 0.25) is 0 Å². The zero-order valence-corrected chi connectivity index (χ0v) is 22.9. The summed E-state index contributed by atoms with van der Waals surface area (Å²) < 4.78 is 16.4. The fraction of sp³-hybridized carbons (Fsp3) is 0.200. The third-order valence-electron chi connectivity index (χ3n) is 5.55. The Kier molecular flexibility index (Phi) is 10.4. The Morgan fingerprint density at radius 1 is 0.875 bits per heavy atom. The number of amides is 3. The van der Waals surface area contributed by atoms with Gasteiger partial charge in [0, 0.05) is 11.4 Å². The summed E-state index contributed by atoms with van der Waals surface area (Å²) in [5, 5.41) is 9.19. The van der Waals surface area contributed by atoms with E-state index in [0.717, 1.165) is 22.4 Å². The number of methoxy groups -OCH3 is 1. The summed E-state index contributed by atoms with van der Waals surface area (Å²) in [4.78, 5) is 36.7. The van der Waals surface area contributed by atoms with E-state index >= 15 is 0 Å². The molecule has 3 amide bonds. The van der Waals surface area contributed by atoms with Crippen molar-refractivity contribution in [1.29, 1.82) is 0 Å². The van der Waals surface area contributed by atoms with Crippen LogP contribution in [0.25, 0.3) is 0 Å². The topological polar surface area (TPSA) is 127 Å². The normalized spacial score (nSPS) is 10.5. The van der Waals surface area contributed by atoms with Crippen molar-refractivity contribution in [3.63, 3.8) is 0 Å². The molecule has 0 radical (unpaired) electrons. The van der Waals surface area contributed by atoms with Crippen LogP contribution in [-0.4, -0.2) is 44.3 Å². The summed E-state index contributed by atoms with van der Waals surface area (Å²) in [6.07, 6.45) is 2.97. The van der Waals surface area contributed by atoms with Crippen LogP contribution in [0.15, 0.2) is 72.4 Å². The van der Waals surface area contributed by atoms with Gasteiger partial charge in [-0.25, -0.2) is 5.43 Å². The maximum atomic E-state index is 12.5. The van der Waals surface area contributed by atoms with Gasteiger partial charge in [-0.05, 0) is 79.9 Å². The first-order valence-electron chi connectivity index (χ1n) is 12.4. The maximum Gasteiger partial charge on any atom is 0.329 e. The lowest BCUT2D eigenvalue weighted by Crippen LogP contribution is -2.32. The second kappa shape index (κ2) is 14.1.